The van der Waals surface area contributed by atoms with Crippen molar-refractivity contribution in [2.75, 3.05) is 5.32 Å². The van der Waals surface area contributed by atoms with Gasteiger partial charge in [-0.15, -0.1) is 11.3 Å². The van der Waals surface area contributed by atoms with Gasteiger partial charge in [0.25, 0.3) is 5.91 Å². The van der Waals surface area contributed by atoms with Gasteiger partial charge in [0.2, 0.25) is 15.9 Å². The Kier molecular flexibility index (Phi) is 7.79. The molecule has 0 aliphatic heterocycles. The molecular weight excluding hydrogens is 446 g/mol. The first kappa shape index (κ1) is 23.6. The highest BCUT2D eigenvalue weighted by molar-refractivity contribution is 7.89. The average molecular weight is 472 g/mol. The van der Waals surface area contributed by atoms with Crippen LogP contribution < -0.4 is 15.4 Å². The lowest BCUT2D eigenvalue weighted by Gasteiger charge is -2.15. The fraction of sp³-hybridized carbons (Fsp3) is 0.217. The molecule has 2 amide bonds. The van der Waals surface area contributed by atoms with Crippen molar-refractivity contribution in [1.29, 1.82) is 0 Å². The summed E-state index contributed by atoms with van der Waals surface area (Å²) < 4.78 is 27.6. The standard InChI is InChI=1S/C23H25N3O4S2/c1-3-21(22-5-4-14-31-22)26-23(28)18-8-6-17(7-9-18)15-24-32(29,30)20-12-10-19(11-13-20)25-16(2)27/h4-14,21,24H,3,15H2,1-2H3,(H,25,27)(H,26,28). The van der Waals surface area contributed by atoms with E-state index in [0.717, 1.165) is 16.9 Å². The summed E-state index contributed by atoms with van der Waals surface area (Å²) in [6, 6.07) is 16.7. The highest BCUT2D eigenvalue weighted by atomic mass is 32.2. The van der Waals surface area contributed by atoms with Crippen molar-refractivity contribution >= 4 is 38.9 Å². The van der Waals surface area contributed by atoms with Gasteiger partial charge in [-0.1, -0.05) is 25.1 Å². The molecule has 1 aromatic heterocycles. The Balaban J connectivity index is 1.59. The third-order valence-corrected chi connectivity index (χ3v) is 7.17. The summed E-state index contributed by atoms with van der Waals surface area (Å²) in [6.45, 7) is 3.49. The number of nitrogens with one attached hydrogen (secondary N) is 3. The van der Waals surface area contributed by atoms with Crippen LogP contribution in [0, 0.1) is 0 Å². The first-order valence-electron chi connectivity index (χ1n) is 10.1. The number of sulfonamides is 1. The summed E-state index contributed by atoms with van der Waals surface area (Å²) in [7, 11) is -3.72. The van der Waals surface area contributed by atoms with E-state index in [0.29, 0.717) is 11.3 Å². The third-order valence-electron chi connectivity index (χ3n) is 4.77. The fourth-order valence-electron chi connectivity index (χ4n) is 3.06. The van der Waals surface area contributed by atoms with Crippen molar-refractivity contribution in [2.45, 2.75) is 37.8 Å². The zero-order valence-corrected chi connectivity index (χ0v) is 19.4. The van der Waals surface area contributed by atoms with Crippen LogP contribution in [0.2, 0.25) is 0 Å². The fourth-order valence-corrected chi connectivity index (χ4v) is 4.94. The SMILES string of the molecule is CCC(NC(=O)c1ccc(CNS(=O)(=O)c2ccc(NC(C)=O)cc2)cc1)c1cccs1. The van der Waals surface area contributed by atoms with Crippen LogP contribution in [0.25, 0.3) is 0 Å². The number of thiophene rings is 1. The van der Waals surface area contributed by atoms with E-state index in [2.05, 4.69) is 15.4 Å². The van der Waals surface area contributed by atoms with Gasteiger partial charge < -0.3 is 10.6 Å². The van der Waals surface area contributed by atoms with E-state index < -0.39 is 10.0 Å². The summed E-state index contributed by atoms with van der Waals surface area (Å²) in [4.78, 5) is 24.9. The van der Waals surface area contributed by atoms with Crippen LogP contribution in [0.15, 0.2) is 70.9 Å². The Hall–Kier alpha value is -3.01. The molecular formula is C23H25N3O4S2. The summed E-state index contributed by atoms with van der Waals surface area (Å²) in [5, 5.41) is 7.61. The van der Waals surface area contributed by atoms with Crippen LogP contribution in [-0.2, 0) is 21.4 Å². The Morgan fingerprint density at radius 3 is 2.25 bits per heavy atom. The van der Waals surface area contributed by atoms with Crippen molar-refractivity contribution in [3.63, 3.8) is 0 Å². The van der Waals surface area contributed by atoms with Gasteiger partial charge in [-0.05, 0) is 59.8 Å². The zero-order valence-electron chi connectivity index (χ0n) is 17.8. The molecule has 0 fully saturated rings. The van der Waals surface area contributed by atoms with Crippen LogP contribution in [0.5, 0.6) is 0 Å². The summed E-state index contributed by atoms with van der Waals surface area (Å²) in [5.41, 5.74) is 1.76. The minimum absolute atomic E-state index is 0.0361. The Morgan fingerprint density at radius 2 is 1.69 bits per heavy atom. The van der Waals surface area contributed by atoms with Crippen molar-refractivity contribution in [2.24, 2.45) is 0 Å². The molecule has 0 aliphatic rings. The first-order valence-corrected chi connectivity index (χ1v) is 12.5. The van der Waals surface area contributed by atoms with E-state index in [1.165, 1.54) is 31.2 Å². The van der Waals surface area contributed by atoms with Crippen molar-refractivity contribution in [3.05, 3.63) is 82.0 Å². The number of hydrogen-bond acceptors (Lipinski definition) is 5. The van der Waals surface area contributed by atoms with Gasteiger partial charge in [0.1, 0.15) is 0 Å². The lowest BCUT2D eigenvalue weighted by Crippen LogP contribution is -2.27. The Labute approximate surface area is 191 Å². The second-order valence-electron chi connectivity index (χ2n) is 7.18. The Morgan fingerprint density at radius 1 is 1.00 bits per heavy atom. The minimum atomic E-state index is -3.72. The molecule has 0 radical (unpaired) electrons. The highest BCUT2D eigenvalue weighted by Gasteiger charge is 2.16. The number of carbonyl (C=O) groups is 2. The summed E-state index contributed by atoms with van der Waals surface area (Å²) in [5.74, 6) is -0.399. The molecule has 0 saturated heterocycles. The first-order chi connectivity index (χ1) is 15.3. The largest absolute Gasteiger partial charge is 0.344 e. The molecule has 1 unspecified atom stereocenters. The summed E-state index contributed by atoms with van der Waals surface area (Å²) in [6.07, 6.45) is 0.790. The average Bonchev–Trinajstić information content (AvgIpc) is 3.31. The van der Waals surface area contributed by atoms with E-state index in [1.807, 2.05) is 24.4 Å². The van der Waals surface area contributed by atoms with Gasteiger partial charge in [-0.25, -0.2) is 13.1 Å². The predicted molar refractivity (Wildman–Crippen MR) is 126 cm³/mol. The smallest absolute Gasteiger partial charge is 0.251 e. The second-order valence-corrected chi connectivity index (χ2v) is 9.92. The molecule has 168 valence electrons. The van der Waals surface area contributed by atoms with Crippen LogP contribution in [0.4, 0.5) is 5.69 Å². The molecule has 3 N–H and O–H groups in total. The topological polar surface area (TPSA) is 104 Å². The quantitative estimate of drug-likeness (QED) is 0.438. The molecule has 7 nitrogen and oxygen atoms in total. The molecule has 2 aromatic carbocycles. The van der Waals surface area contributed by atoms with Crippen LogP contribution in [0.3, 0.4) is 0 Å². The number of benzene rings is 2. The molecule has 3 aromatic rings. The van der Waals surface area contributed by atoms with E-state index in [1.54, 1.807) is 35.6 Å². The number of amides is 2. The monoisotopic (exact) mass is 471 g/mol. The van der Waals surface area contributed by atoms with Gasteiger partial charge in [-0.2, -0.15) is 0 Å². The third kappa shape index (κ3) is 6.25. The maximum atomic E-state index is 12.6. The maximum absolute atomic E-state index is 12.6. The van der Waals surface area contributed by atoms with Crippen molar-refractivity contribution in [1.82, 2.24) is 10.0 Å². The summed E-state index contributed by atoms with van der Waals surface area (Å²) >= 11 is 1.61. The number of hydrogen-bond donors (Lipinski definition) is 3. The van der Waals surface area contributed by atoms with Crippen LogP contribution in [0.1, 0.15) is 47.1 Å². The lowest BCUT2D eigenvalue weighted by molar-refractivity contribution is -0.114. The maximum Gasteiger partial charge on any atom is 0.251 e. The van der Waals surface area contributed by atoms with E-state index >= 15 is 0 Å². The van der Waals surface area contributed by atoms with E-state index in [9.17, 15) is 18.0 Å². The van der Waals surface area contributed by atoms with Gasteiger partial charge in [-0.3, -0.25) is 9.59 Å². The van der Waals surface area contributed by atoms with Crippen LogP contribution in [-0.4, -0.2) is 20.2 Å². The lowest BCUT2D eigenvalue weighted by atomic mass is 10.1. The number of rotatable bonds is 9. The van der Waals surface area contributed by atoms with Gasteiger partial charge in [0, 0.05) is 29.6 Å². The van der Waals surface area contributed by atoms with E-state index in [4.69, 9.17) is 0 Å². The molecule has 0 bridgehead atoms. The van der Waals surface area contributed by atoms with Crippen LogP contribution >= 0.6 is 11.3 Å². The molecule has 1 heterocycles. The highest BCUT2D eigenvalue weighted by Crippen LogP contribution is 2.22. The second kappa shape index (κ2) is 10.5. The van der Waals surface area contributed by atoms with Gasteiger partial charge >= 0.3 is 0 Å². The van der Waals surface area contributed by atoms with E-state index in [-0.39, 0.29) is 29.3 Å². The number of carbonyl (C=O) groups excluding carboxylic acids is 2. The number of anilines is 1. The molecule has 1 atom stereocenters. The minimum Gasteiger partial charge on any atom is -0.344 e. The molecule has 9 heteroatoms. The Bertz CT molecular complexity index is 1160. The molecule has 32 heavy (non-hydrogen) atoms. The normalized spacial score (nSPS) is 12.2. The molecule has 0 saturated carbocycles. The van der Waals surface area contributed by atoms with Crippen molar-refractivity contribution < 1.29 is 18.0 Å². The predicted octanol–water partition coefficient (Wildman–Crippen LogP) is 4.07. The zero-order chi connectivity index (χ0) is 23.1. The molecule has 0 aliphatic carbocycles. The van der Waals surface area contributed by atoms with Gasteiger partial charge in [0.05, 0.1) is 10.9 Å². The van der Waals surface area contributed by atoms with Crippen molar-refractivity contribution in [3.8, 4) is 0 Å². The van der Waals surface area contributed by atoms with Gasteiger partial charge in [0.15, 0.2) is 0 Å². The molecule has 0 spiro atoms. The molecule has 3 rings (SSSR count).